The van der Waals surface area contributed by atoms with E-state index in [2.05, 4.69) is 31.8 Å². The van der Waals surface area contributed by atoms with Gasteiger partial charge in [0.15, 0.2) is 0 Å². The highest BCUT2D eigenvalue weighted by atomic mass is 79.9. The zero-order valence-corrected chi connectivity index (χ0v) is 13.5. The van der Waals surface area contributed by atoms with E-state index in [1.54, 1.807) is 18.3 Å². The van der Waals surface area contributed by atoms with Gasteiger partial charge in [-0.1, -0.05) is 58.4 Å². The first-order valence-corrected chi connectivity index (χ1v) is 7.59. The summed E-state index contributed by atoms with van der Waals surface area (Å²) in [6.45, 7) is 0. The normalized spacial score (nSPS) is 11.0. The number of carbonyl (C=O) groups excluding carboxylic acids is 1. The number of carbonyl (C=O) groups is 1. The molecule has 112 valence electrons. The third-order valence-corrected chi connectivity index (χ3v) is 3.24. The third-order valence-electron chi connectivity index (χ3n) is 2.71. The predicted octanol–water partition coefficient (Wildman–Crippen LogP) is 4.66. The standard InChI is InChI=1S/C17H16BrN3O/c18-15-9-11-16(12-10-15)20-17(22)21-19-13-5-4-8-14-6-2-1-3-7-14/h1-4,6-13H,5H2,(H2,20,21,22)/b8-4+,19-13+. The molecule has 0 saturated carbocycles. The molecule has 2 rings (SSSR count). The number of hydrogen-bond acceptors (Lipinski definition) is 2. The summed E-state index contributed by atoms with van der Waals surface area (Å²) < 4.78 is 0.960. The number of urea groups is 1. The summed E-state index contributed by atoms with van der Waals surface area (Å²) in [4.78, 5) is 11.6. The van der Waals surface area contributed by atoms with Crippen LogP contribution in [0.3, 0.4) is 0 Å². The molecule has 0 aromatic heterocycles. The van der Waals surface area contributed by atoms with Crippen molar-refractivity contribution in [2.75, 3.05) is 5.32 Å². The highest BCUT2D eigenvalue weighted by molar-refractivity contribution is 9.10. The SMILES string of the molecule is O=C(N/N=C/C/C=C/c1ccccc1)Nc1ccc(Br)cc1. The van der Waals surface area contributed by atoms with Gasteiger partial charge in [0, 0.05) is 22.8 Å². The van der Waals surface area contributed by atoms with Gasteiger partial charge in [-0.25, -0.2) is 10.2 Å². The van der Waals surface area contributed by atoms with Gasteiger partial charge >= 0.3 is 6.03 Å². The lowest BCUT2D eigenvalue weighted by atomic mass is 10.2. The van der Waals surface area contributed by atoms with Crippen molar-refractivity contribution in [3.63, 3.8) is 0 Å². The van der Waals surface area contributed by atoms with Crippen molar-refractivity contribution in [1.82, 2.24) is 5.43 Å². The first-order chi connectivity index (χ1) is 10.7. The molecule has 0 atom stereocenters. The number of amides is 2. The number of anilines is 1. The lowest BCUT2D eigenvalue weighted by Gasteiger charge is -2.03. The summed E-state index contributed by atoms with van der Waals surface area (Å²) in [5.74, 6) is 0. The van der Waals surface area contributed by atoms with E-state index in [1.165, 1.54) is 0 Å². The summed E-state index contributed by atoms with van der Waals surface area (Å²) in [7, 11) is 0. The van der Waals surface area contributed by atoms with Crippen molar-refractivity contribution < 1.29 is 4.79 Å². The number of nitrogens with one attached hydrogen (secondary N) is 2. The van der Waals surface area contributed by atoms with Crippen LogP contribution < -0.4 is 10.7 Å². The molecule has 0 saturated heterocycles. The first-order valence-electron chi connectivity index (χ1n) is 6.80. The third kappa shape index (κ3) is 5.93. The van der Waals surface area contributed by atoms with Crippen LogP contribution in [0.5, 0.6) is 0 Å². The summed E-state index contributed by atoms with van der Waals surface area (Å²) >= 11 is 3.34. The summed E-state index contributed by atoms with van der Waals surface area (Å²) in [5, 5.41) is 6.55. The highest BCUT2D eigenvalue weighted by Crippen LogP contribution is 2.13. The molecule has 0 aliphatic rings. The molecular weight excluding hydrogens is 342 g/mol. The lowest BCUT2D eigenvalue weighted by molar-refractivity contribution is 0.252. The van der Waals surface area contributed by atoms with Gasteiger partial charge in [0.25, 0.3) is 0 Å². The maximum Gasteiger partial charge on any atom is 0.339 e. The molecule has 0 spiro atoms. The molecule has 22 heavy (non-hydrogen) atoms. The quantitative estimate of drug-likeness (QED) is 0.593. The molecule has 2 aromatic carbocycles. The Bertz CT molecular complexity index is 651. The van der Waals surface area contributed by atoms with Gasteiger partial charge in [-0.2, -0.15) is 5.10 Å². The fraction of sp³-hybridized carbons (Fsp3) is 0.0588. The van der Waals surface area contributed by atoms with E-state index in [0.29, 0.717) is 12.1 Å². The van der Waals surface area contributed by atoms with Gasteiger partial charge < -0.3 is 5.32 Å². The summed E-state index contributed by atoms with van der Waals surface area (Å²) in [5.41, 5.74) is 4.26. The number of rotatable bonds is 5. The zero-order valence-electron chi connectivity index (χ0n) is 11.9. The van der Waals surface area contributed by atoms with Crippen LogP contribution in [0.25, 0.3) is 6.08 Å². The largest absolute Gasteiger partial charge is 0.339 e. The van der Waals surface area contributed by atoms with E-state index in [4.69, 9.17) is 0 Å². The second-order valence-corrected chi connectivity index (χ2v) is 5.35. The van der Waals surface area contributed by atoms with E-state index in [9.17, 15) is 4.79 Å². The van der Waals surface area contributed by atoms with E-state index < -0.39 is 0 Å². The predicted molar refractivity (Wildman–Crippen MR) is 94.9 cm³/mol. The molecule has 2 N–H and O–H groups in total. The van der Waals surface area contributed by atoms with E-state index in [1.807, 2.05) is 54.6 Å². The van der Waals surface area contributed by atoms with Crippen LogP contribution in [0.15, 0.2) is 70.2 Å². The van der Waals surface area contributed by atoms with Crippen LogP contribution >= 0.6 is 15.9 Å². The fourth-order valence-electron chi connectivity index (χ4n) is 1.68. The molecule has 5 heteroatoms. The number of benzene rings is 2. The first kappa shape index (κ1) is 16.0. The van der Waals surface area contributed by atoms with E-state index in [-0.39, 0.29) is 6.03 Å². The summed E-state index contributed by atoms with van der Waals surface area (Å²) in [6, 6.07) is 16.9. The highest BCUT2D eigenvalue weighted by Gasteiger charge is 1.98. The number of halogens is 1. The van der Waals surface area contributed by atoms with Crippen LogP contribution in [-0.4, -0.2) is 12.2 Å². The topological polar surface area (TPSA) is 53.5 Å². The molecule has 4 nitrogen and oxygen atoms in total. The molecule has 0 heterocycles. The molecular formula is C17H16BrN3O. The molecule has 0 unspecified atom stereocenters. The van der Waals surface area contributed by atoms with Crippen molar-refractivity contribution >= 4 is 39.9 Å². The van der Waals surface area contributed by atoms with E-state index in [0.717, 1.165) is 10.0 Å². The average Bonchev–Trinajstić information content (AvgIpc) is 2.54. The lowest BCUT2D eigenvalue weighted by Crippen LogP contribution is -2.23. The molecule has 0 bridgehead atoms. The number of allylic oxidation sites excluding steroid dienone is 1. The number of nitrogens with zero attached hydrogens (tertiary/aromatic N) is 1. The van der Waals surface area contributed by atoms with Gasteiger partial charge in [-0.15, -0.1) is 0 Å². The molecule has 2 aromatic rings. The van der Waals surface area contributed by atoms with Gasteiger partial charge in [0.2, 0.25) is 0 Å². The smallest absolute Gasteiger partial charge is 0.307 e. The minimum atomic E-state index is -0.370. The van der Waals surface area contributed by atoms with Gasteiger partial charge in [-0.3, -0.25) is 0 Å². The van der Waals surface area contributed by atoms with Crippen molar-refractivity contribution in [3.05, 3.63) is 70.7 Å². The Labute approximate surface area is 138 Å². The minimum Gasteiger partial charge on any atom is -0.307 e. The number of hydrogen-bond donors (Lipinski definition) is 2. The van der Waals surface area contributed by atoms with Crippen LogP contribution in [0.2, 0.25) is 0 Å². The molecule has 0 fully saturated rings. The second kappa shape index (κ2) is 8.79. The van der Waals surface area contributed by atoms with Gasteiger partial charge in [-0.05, 0) is 29.8 Å². The van der Waals surface area contributed by atoms with Crippen molar-refractivity contribution in [1.29, 1.82) is 0 Å². The van der Waals surface area contributed by atoms with Crippen LogP contribution in [0.1, 0.15) is 12.0 Å². The Kier molecular flexibility index (Phi) is 6.39. The molecule has 0 radical (unpaired) electrons. The fourth-order valence-corrected chi connectivity index (χ4v) is 1.94. The second-order valence-electron chi connectivity index (χ2n) is 4.43. The minimum absolute atomic E-state index is 0.370. The molecule has 0 aliphatic heterocycles. The Balaban J connectivity index is 1.70. The van der Waals surface area contributed by atoms with E-state index >= 15 is 0 Å². The molecule has 0 aliphatic carbocycles. The molecule has 2 amide bonds. The zero-order chi connectivity index (χ0) is 15.6. The Morgan fingerprint density at radius 2 is 1.82 bits per heavy atom. The van der Waals surface area contributed by atoms with Crippen LogP contribution in [0.4, 0.5) is 10.5 Å². The van der Waals surface area contributed by atoms with Gasteiger partial charge in [0.05, 0.1) is 0 Å². The Hall–Kier alpha value is -2.40. The maximum absolute atomic E-state index is 11.6. The van der Waals surface area contributed by atoms with Crippen molar-refractivity contribution in [2.45, 2.75) is 6.42 Å². The van der Waals surface area contributed by atoms with Crippen LogP contribution in [-0.2, 0) is 0 Å². The average molecular weight is 358 g/mol. The van der Waals surface area contributed by atoms with Gasteiger partial charge in [0.1, 0.15) is 0 Å². The van der Waals surface area contributed by atoms with Crippen molar-refractivity contribution in [2.24, 2.45) is 5.10 Å². The maximum atomic E-state index is 11.6. The Morgan fingerprint density at radius 1 is 1.09 bits per heavy atom. The monoisotopic (exact) mass is 357 g/mol. The summed E-state index contributed by atoms with van der Waals surface area (Å²) in [6.07, 6.45) is 6.27. The number of hydrazone groups is 1. The Morgan fingerprint density at radius 3 is 2.55 bits per heavy atom. The van der Waals surface area contributed by atoms with Crippen LogP contribution in [0, 0.1) is 0 Å². The van der Waals surface area contributed by atoms with Crippen molar-refractivity contribution in [3.8, 4) is 0 Å².